The molecule has 0 unspecified atom stereocenters. The average Bonchev–Trinajstić information content (AvgIpc) is 2.25. The first-order valence-corrected chi connectivity index (χ1v) is 5.31. The molecule has 1 N–H and O–H groups in total. The first kappa shape index (κ1) is 12.3. The zero-order valence-corrected chi connectivity index (χ0v) is 9.64. The van der Waals surface area contributed by atoms with Crippen molar-refractivity contribution in [2.45, 2.75) is 26.5 Å². The molecule has 0 aliphatic carbocycles. The van der Waals surface area contributed by atoms with Crippen LogP contribution in [0, 0.1) is 0 Å². The monoisotopic (exact) mass is 219 g/mol. The summed E-state index contributed by atoms with van der Waals surface area (Å²) in [5, 5.41) is 2.74. The van der Waals surface area contributed by atoms with Crippen LogP contribution in [0.3, 0.4) is 0 Å². The van der Waals surface area contributed by atoms with Gasteiger partial charge in [0.05, 0.1) is 6.26 Å². The van der Waals surface area contributed by atoms with Gasteiger partial charge in [-0.2, -0.15) is 0 Å². The lowest BCUT2D eigenvalue weighted by molar-refractivity contribution is -0.117. The topological polar surface area (TPSA) is 38.3 Å². The molecule has 1 rings (SSSR count). The van der Waals surface area contributed by atoms with Crippen molar-refractivity contribution in [2.24, 2.45) is 0 Å². The van der Waals surface area contributed by atoms with Crippen molar-refractivity contribution in [3.05, 3.63) is 48.2 Å². The minimum atomic E-state index is -0.136. The summed E-state index contributed by atoms with van der Waals surface area (Å²) >= 11 is 0. The molecule has 0 fully saturated rings. The number of carbonyl (C=O) groups is 1. The summed E-state index contributed by atoms with van der Waals surface area (Å²) < 4.78 is 5.23. The van der Waals surface area contributed by atoms with Gasteiger partial charge in [-0.3, -0.25) is 4.79 Å². The van der Waals surface area contributed by atoms with Crippen LogP contribution in [0.4, 0.5) is 0 Å². The Kier molecular flexibility index (Phi) is 5.12. The van der Waals surface area contributed by atoms with Crippen molar-refractivity contribution in [3.8, 4) is 0 Å². The lowest BCUT2D eigenvalue weighted by Crippen LogP contribution is -2.28. The molecule has 1 aromatic rings. The number of hydrogen-bond acceptors (Lipinski definition) is 2. The predicted octanol–water partition coefficient (Wildman–Crippen LogP) is 2.24. The van der Waals surface area contributed by atoms with Gasteiger partial charge >= 0.3 is 0 Å². The Hall–Kier alpha value is -1.77. The fourth-order valence-electron chi connectivity index (χ4n) is 1.16. The van der Waals surface area contributed by atoms with Gasteiger partial charge in [-0.25, -0.2) is 0 Å². The number of nitrogens with one attached hydrogen (secondary N) is 1. The standard InChI is InChI=1S/C13H17NO2/c1-11(2)14-13(15)8-9-16-10-12-6-4-3-5-7-12/h3-9,11H,10H2,1-2H3,(H,14,15)/b9-8+. The molecule has 86 valence electrons. The van der Waals surface area contributed by atoms with Gasteiger partial charge in [-0.1, -0.05) is 30.3 Å². The summed E-state index contributed by atoms with van der Waals surface area (Å²) in [5.74, 6) is -0.136. The van der Waals surface area contributed by atoms with Gasteiger partial charge in [0.25, 0.3) is 0 Å². The van der Waals surface area contributed by atoms with Crippen LogP contribution in [0.2, 0.25) is 0 Å². The van der Waals surface area contributed by atoms with Crippen molar-refractivity contribution in [1.29, 1.82) is 0 Å². The lowest BCUT2D eigenvalue weighted by Gasteiger charge is -2.04. The molecule has 0 radical (unpaired) electrons. The van der Waals surface area contributed by atoms with E-state index in [9.17, 15) is 4.79 Å². The van der Waals surface area contributed by atoms with Gasteiger partial charge in [0.15, 0.2) is 0 Å². The van der Waals surface area contributed by atoms with Gasteiger partial charge in [-0.15, -0.1) is 0 Å². The van der Waals surface area contributed by atoms with E-state index < -0.39 is 0 Å². The third-order valence-corrected chi connectivity index (χ3v) is 1.84. The van der Waals surface area contributed by atoms with E-state index in [4.69, 9.17) is 4.74 Å². The van der Waals surface area contributed by atoms with Crippen LogP contribution in [0.15, 0.2) is 42.7 Å². The van der Waals surface area contributed by atoms with E-state index in [1.165, 1.54) is 12.3 Å². The fourth-order valence-corrected chi connectivity index (χ4v) is 1.16. The quantitative estimate of drug-likeness (QED) is 0.609. The molecule has 0 bridgehead atoms. The van der Waals surface area contributed by atoms with Crippen molar-refractivity contribution >= 4 is 5.91 Å². The van der Waals surface area contributed by atoms with Gasteiger partial charge in [0, 0.05) is 12.1 Å². The van der Waals surface area contributed by atoms with Gasteiger partial charge in [-0.05, 0) is 19.4 Å². The zero-order valence-electron chi connectivity index (χ0n) is 9.64. The van der Waals surface area contributed by atoms with Crippen molar-refractivity contribution in [1.82, 2.24) is 5.32 Å². The Morgan fingerprint density at radius 3 is 2.69 bits per heavy atom. The highest BCUT2D eigenvalue weighted by Crippen LogP contribution is 2.00. The van der Waals surface area contributed by atoms with Gasteiger partial charge in [0.2, 0.25) is 5.91 Å². The SMILES string of the molecule is CC(C)NC(=O)/C=C/OCc1ccccc1. The molecule has 0 aliphatic heterocycles. The molecule has 3 nitrogen and oxygen atoms in total. The van der Waals surface area contributed by atoms with E-state index in [1.54, 1.807) is 0 Å². The second-order valence-electron chi connectivity index (χ2n) is 3.76. The number of rotatable bonds is 5. The van der Waals surface area contributed by atoms with E-state index in [1.807, 2.05) is 44.2 Å². The summed E-state index contributed by atoms with van der Waals surface area (Å²) in [6, 6.07) is 9.95. The number of benzene rings is 1. The molecular weight excluding hydrogens is 202 g/mol. The Balaban J connectivity index is 2.25. The van der Waals surface area contributed by atoms with Crippen LogP contribution in [-0.4, -0.2) is 11.9 Å². The third-order valence-electron chi connectivity index (χ3n) is 1.84. The minimum Gasteiger partial charge on any atom is -0.496 e. The molecule has 0 saturated carbocycles. The molecule has 16 heavy (non-hydrogen) atoms. The fraction of sp³-hybridized carbons (Fsp3) is 0.308. The smallest absolute Gasteiger partial charge is 0.247 e. The zero-order chi connectivity index (χ0) is 11.8. The van der Waals surface area contributed by atoms with Crippen LogP contribution in [-0.2, 0) is 16.1 Å². The average molecular weight is 219 g/mol. The first-order chi connectivity index (χ1) is 7.68. The Bertz CT molecular complexity index is 344. The maximum absolute atomic E-state index is 11.2. The molecule has 0 aromatic heterocycles. The molecule has 1 aromatic carbocycles. The number of hydrogen-bond donors (Lipinski definition) is 1. The number of carbonyl (C=O) groups excluding carboxylic acids is 1. The minimum absolute atomic E-state index is 0.136. The van der Waals surface area contributed by atoms with Gasteiger partial charge < -0.3 is 10.1 Å². The van der Waals surface area contributed by atoms with Crippen molar-refractivity contribution < 1.29 is 9.53 Å². The Labute approximate surface area is 96.1 Å². The molecule has 0 atom stereocenters. The van der Waals surface area contributed by atoms with Crippen LogP contribution >= 0.6 is 0 Å². The van der Waals surface area contributed by atoms with Crippen LogP contribution in [0.25, 0.3) is 0 Å². The summed E-state index contributed by atoms with van der Waals surface area (Å²) in [4.78, 5) is 11.2. The summed E-state index contributed by atoms with van der Waals surface area (Å²) in [5.41, 5.74) is 1.08. The molecule has 1 amide bonds. The van der Waals surface area contributed by atoms with Crippen molar-refractivity contribution in [2.75, 3.05) is 0 Å². The van der Waals surface area contributed by atoms with E-state index in [0.717, 1.165) is 5.56 Å². The Morgan fingerprint density at radius 1 is 1.38 bits per heavy atom. The van der Waals surface area contributed by atoms with Crippen LogP contribution < -0.4 is 5.32 Å². The molecule has 0 heterocycles. The molecule has 0 aliphatic rings. The summed E-state index contributed by atoms with van der Waals surface area (Å²) in [6.07, 6.45) is 2.81. The highest BCUT2D eigenvalue weighted by atomic mass is 16.5. The highest BCUT2D eigenvalue weighted by Gasteiger charge is 1.96. The lowest BCUT2D eigenvalue weighted by atomic mass is 10.2. The largest absolute Gasteiger partial charge is 0.496 e. The highest BCUT2D eigenvalue weighted by molar-refractivity contribution is 5.87. The molecular formula is C13H17NO2. The van der Waals surface area contributed by atoms with E-state index in [0.29, 0.717) is 6.61 Å². The Morgan fingerprint density at radius 2 is 2.06 bits per heavy atom. The second-order valence-corrected chi connectivity index (χ2v) is 3.76. The van der Waals surface area contributed by atoms with Gasteiger partial charge in [0.1, 0.15) is 6.61 Å². The first-order valence-electron chi connectivity index (χ1n) is 5.31. The van der Waals surface area contributed by atoms with E-state index in [2.05, 4.69) is 5.32 Å². The maximum atomic E-state index is 11.2. The molecule has 0 saturated heterocycles. The van der Waals surface area contributed by atoms with E-state index >= 15 is 0 Å². The maximum Gasteiger partial charge on any atom is 0.247 e. The summed E-state index contributed by atoms with van der Waals surface area (Å²) in [6.45, 7) is 4.30. The van der Waals surface area contributed by atoms with Crippen LogP contribution in [0.1, 0.15) is 19.4 Å². The predicted molar refractivity (Wildman–Crippen MR) is 63.6 cm³/mol. The van der Waals surface area contributed by atoms with E-state index in [-0.39, 0.29) is 11.9 Å². The number of ether oxygens (including phenoxy) is 1. The van der Waals surface area contributed by atoms with Crippen LogP contribution in [0.5, 0.6) is 0 Å². The van der Waals surface area contributed by atoms with Crippen molar-refractivity contribution in [3.63, 3.8) is 0 Å². The third kappa shape index (κ3) is 5.20. The second kappa shape index (κ2) is 6.67. The number of amides is 1. The summed E-state index contributed by atoms with van der Waals surface area (Å²) in [7, 11) is 0. The molecule has 0 spiro atoms. The molecule has 3 heteroatoms. The normalized spacial score (nSPS) is 10.7.